The second-order valence-corrected chi connectivity index (χ2v) is 5.52. The molecule has 0 spiro atoms. The van der Waals surface area contributed by atoms with Gasteiger partial charge in [0, 0.05) is 17.4 Å². The maximum absolute atomic E-state index is 11.6. The number of rotatable bonds is 4. The van der Waals surface area contributed by atoms with E-state index >= 15 is 0 Å². The summed E-state index contributed by atoms with van der Waals surface area (Å²) in [6, 6.07) is 11.3. The fraction of sp³-hybridized carbons (Fsp3) is 0.286. The van der Waals surface area contributed by atoms with Gasteiger partial charge in [-0.3, -0.25) is 4.79 Å². The van der Waals surface area contributed by atoms with Crippen molar-refractivity contribution in [1.29, 1.82) is 0 Å². The summed E-state index contributed by atoms with van der Waals surface area (Å²) >= 11 is 1.58. The van der Waals surface area contributed by atoms with Crippen LogP contribution < -0.4 is 5.56 Å². The van der Waals surface area contributed by atoms with E-state index in [0.29, 0.717) is 11.1 Å². The van der Waals surface area contributed by atoms with Crippen molar-refractivity contribution in [2.45, 2.75) is 19.0 Å². The number of H-pyrrole nitrogens is 1. The first-order chi connectivity index (χ1) is 8.65. The summed E-state index contributed by atoms with van der Waals surface area (Å²) in [6.07, 6.45) is 0. The zero-order chi connectivity index (χ0) is 13.0. The Hall–Kier alpha value is -1.55. The second-order valence-electron chi connectivity index (χ2n) is 4.51. The minimum atomic E-state index is -0.102. The zero-order valence-electron chi connectivity index (χ0n) is 10.5. The molecule has 0 aliphatic carbocycles. The van der Waals surface area contributed by atoms with Crippen molar-refractivity contribution in [2.24, 2.45) is 5.92 Å². The normalized spacial score (nSPS) is 10.8. The van der Waals surface area contributed by atoms with E-state index in [2.05, 4.69) is 23.8 Å². The molecule has 0 radical (unpaired) electrons. The van der Waals surface area contributed by atoms with Crippen LogP contribution in [0.25, 0.3) is 11.3 Å². The van der Waals surface area contributed by atoms with Crippen LogP contribution in [0.15, 0.2) is 46.3 Å². The van der Waals surface area contributed by atoms with Crippen LogP contribution in [-0.2, 0) is 0 Å². The van der Waals surface area contributed by atoms with E-state index in [1.807, 2.05) is 30.3 Å². The van der Waals surface area contributed by atoms with Crippen molar-refractivity contribution in [1.82, 2.24) is 9.97 Å². The number of benzene rings is 1. The minimum Gasteiger partial charge on any atom is -0.301 e. The van der Waals surface area contributed by atoms with Gasteiger partial charge in [-0.1, -0.05) is 55.9 Å². The van der Waals surface area contributed by atoms with Crippen molar-refractivity contribution in [3.8, 4) is 11.3 Å². The third-order valence-corrected chi connectivity index (χ3v) is 3.64. The van der Waals surface area contributed by atoms with Gasteiger partial charge in [0.25, 0.3) is 5.56 Å². The van der Waals surface area contributed by atoms with Crippen LogP contribution in [-0.4, -0.2) is 15.7 Å². The Balaban J connectivity index is 2.30. The van der Waals surface area contributed by atoms with Crippen LogP contribution in [0.4, 0.5) is 0 Å². The van der Waals surface area contributed by atoms with Gasteiger partial charge in [-0.15, -0.1) is 0 Å². The Morgan fingerprint density at radius 2 is 2.00 bits per heavy atom. The third kappa shape index (κ3) is 3.47. The number of aromatic amines is 1. The molecule has 0 bridgehead atoms. The highest BCUT2D eigenvalue weighted by atomic mass is 32.2. The molecule has 0 saturated carbocycles. The maximum atomic E-state index is 11.6. The van der Waals surface area contributed by atoms with E-state index in [-0.39, 0.29) is 5.56 Å². The SMILES string of the molecule is CC(C)CSc1nc(-c2ccccc2)cc(=O)[nH]1. The van der Waals surface area contributed by atoms with Gasteiger partial charge in [0.1, 0.15) is 0 Å². The molecule has 4 heteroatoms. The van der Waals surface area contributed by atoms with E-state index in [9.17, 15) is 4.79 Å². The minimum absolute atomic E-state index is 0.102. The Bertz CT molecular complexity index is 564. The molecule has 0 saturated heterocycles. The number of aromatic nitrogens is 2. The lowest BCUT2D eigenvalue weighted by atomic mass is 10.1. The summed E-state index contributed by atoms with van der Waals surface area (Å²) in [7, 11) is 0. The number of nitrogens with one attached hydrogen (secondary N) is 1. The number of nitrogens with zero attached hydrogens (tertiary/aromatic N) is 1. The molecule has 2 aromatic rings. The Morgan fingerprint density at radius 1 is 1.28 bits per heavy atom. The monoisotopic (exact) mass is 260 g/mol. The van der Waals surface area contributed by atoms with Crippen molar-refractivity contribution in [2.75, 3.05) is 5.75 Å². The summed E-state index contributed by atoms with van der Waals surface area (Å²) < 4.78 is 0. The standard InChI is InChI=1S/C14H16N2OS/c1-10(2)9-18-14-15-12(8-13(17)16-14)11-6-4-3-5-7-11/h3-8,10H,9H2,1-2H3,(H,15,16,17). The number of hydrogen-bond donors (Lipinski definition) is 1. The van der Waals surface area contributed by atoms with E-state index in [0.717, 1.165) is 17.0 Å². The molecule has 1 aromatic carbocycles. The van der Waals surface area contributed by atoms with Crippen LogP contribution in [0.1, 0.15) is 13.8 Å². The second kappa shape index (κ2) is 5.87. The van der Waals surface area contributed by atoms with Gasteiger partial charge in [0.2, 0.25) is 0 Å². The molecule has 1 N–H and O–H groups in total. The topological polar surface area (TPSA) is 45.8 Å². The highest BCUT2D eigenvalue weighted by Gasteiger charge is 2.05. The molecule has 3 nitrogen and oxygen atoms in total. The van der Waals surface area contributed by atoms with E-state index in [4.69, 9.17) is 0 Å². The fourth-order valence-electron chi connectivity index (χ4n) is 1.51. The van der Waals surface area contributed by atoms with Gasteiger partial charge in [0.15, 0.2) is 5.16 Å². The van der Waals surface area contributed by atoms with E-state index in [1.54, 1.807) is 11.8 Å². The molecule has 0 fully saturated rings. The number of hydrogen-bond acceptors (Lipinski definition) is 3. The summed E-state index contributed by atoms with van der Waals surface area (Å²) in [5.41, 5.74) is 1.59. The third-order valence-electron chi connectivity index (χ3n) is 2.34. The average molecular weight is 260 g/mol. The first kappa shape index (κ1) is 12.9. The molecule has 0 amide bonds. The van der Waals surface area contributed by atoms with Gasteiger partial charge >= 0.3 is 0 Å². The van der Waals surface area contributed by atoms with Crippen LogP contribution in [0.5, 0.6) is 0 Å². The van der Waals surface area contributed by atoms with E-state index < -0.39 is 0 Å². The molecular formula is C14H16N2OS. The highest BCUT2D eigenvalue weighted by Crippen LogP contribution is 2.19. The molecule has 1 heterocycles. The van der Waals surface area contributed by atoms with Gasteiger partial charge in [0.05, 0.1) is 5.69 Å². The predicted molar refractivity (Wildman–Crippen MR) is 75.9 cm³/mol. The molecular weight excluding hydrogens is 244 g/mol. The lowest BCUT2D eigenvalue weighted by Gasteiger charge is -2.05. The van der Waals surface area contributed by atoms with E-state index in [1.165, 1.54) is 6.07 Å². The molecule has 0 aliphatic rings. The molecule has 1 aromatic heterocycles. The first-order valence-corrected chi connectivity index (χ1v) is 6.93. The summed E-state index contributed by atoms with van der Waals surface area (Å²) in [4.78, 5) is 18.9. The number of thioether (sulfide) groups is 1. The van der Waals surface area contributed by atoms with Gasteiger partial charge < -0.3 is 4.98 Å². The van der Waals surface area contributed by atoms with Crippen LogP contribution in [0.2, 0.25) is 0 Å². The van der Waals surface area contributed by atoms with Crippen LogP contribution in [0, 0.1) is 5.92 Å². The molecule has 0 unspecified atom stereocenters. The quantitative estimate of drug-likeness (QED) is 0.678. The summed E-state index contributed by atoms with van der Waals surface area (Å²) in [6.45, 7) is 4.29. The Labute approximate surface area is 111 Å². The Morgan fingerprint density at radius 3 is 2.67 bits per heavy atom. The maximum Gasteiger partial charge on any atom is 0.252 e. The summed E-state index contributed by atoms with van der Waals surface area (Å²) in [5, 5.41) is 0.690. The lowest BCUT2D eigenvalue weighted by Crippen LogP contribution is -2.08. The molecule has 2 rings (SSSR count). The highest BCUT2D eigenvalue weighted by molar-refractivity contribution is 7.99. The van der Waals surface area contributed by atoms with Gasteiger partial charge in [-0.2, -0.15) is 0 Å². The van der Waals surface area contributed by atoms with Crippen LogP contribution >= 0.6 is 11.8 Å². The molecule has 18 heavy (non-hydrogen) atoms. The average Bonchev–Trinajstić information content (AvgIpc) is 2.37. The molecule has 0 atom stereocenters. The van der Waals surface area contributed by atoms with Gasteiger partial charge in [-0.25, -0.2) is 4.98 Å². The van der Waals surface area contributed by atoms with Gasteiger partial charge in [-0.05, 0) is 5.92 Å². The van der Waals surface area contributed by atoms with Crippen molar-refractivity contribution >= 4 is 11.8 Å². The van der Waals surface area contributed by atoms with Crippen molar-refractivity contribution in [3.05, 3.63) is 46.8 Å². The largest absolute Gasteiger partial charge is 0.301 e. The zero-order valence-corrected chi connectivity index (χ0v) is 11.3. The molecule has 0 aliphatic heterocycles. The fourth-order valence-corrected chi connectivity index (χ4v) is 2.33. The van der Waals surface area contributed by atoms with Crippen LogP contribution in [0.3, 0.4) is 0 Å². The molecule has 94 valence electrons. The Kier molecular flexibility index (Phi) is 4.20. The lowest BCUT2D eigenvalue weighted by molar-refractivity contribution is 0.747. The smallest absolute Gasteiger partial charge is 0.252 e. The predicted octanol–water partition coefficient (Wildman–Crippen LogP) is 3.19. The van der Waals surface area contributed by atoms with Crippen molar-refractivity contribution in [3.63, 3.8) is 0 Å². The summed E-state index contributed by atoms with van der Waals surface area (Å²) in [5.74, 6) is 1.52. The first-order valence-electron chi connectivity index (χ1n) is 5.95. The van der Waals surface area contributed by atoms with Crippen molar-refractivity contribution < 1.29 is 0 Å².